The van der Waals surface area contributed by atoms with Crippen LogP contribution in [0.3, 0.4) is 0 Å². The molecule has 0 spiro atoms. The normalized spacial score (nSPS) is 18.1. The van der Waals surface area contributed by atoms with Crippen LogP contribution in [0.5, 0.6) is 0 Å². The van der Waals surface area contributed by atoms with Gasteiger partial charge in [-0.2, -0.15) is 0 Å². The molecular weight excluding hydrogens is 256 g/mol. The smallest absolute Gasteiger partial charge is 0.325 e. The van der Waals surface area contributed by atoms with Crippen molar-refractivity contribution in [2.45, 2.75) is 18.9 Å². The molecule has 2 heterocycles. The second-order valence-electron chi connectivity index (χ2n) is 4.82. The van der Waals surface area contributed by atoms with E-state index >= 15 is 0 Å². The zero-order valence-corrected chi connectivity index (χ0v) is 10.9. The van der Waals surface area contributed by atoms with Crippen LogP contribution >= 0.6 is 0 Å². The number of imidazole rings is 1. The molecule has 0 aliphatic carbocycles. The summed E-state index contributed by atoms with van der Waals surface area (Å²) in [6, 6.07) is 7.09. The average Bonchev–Trinajstić information content (AvgIpc) is 3.11. The summed E-state index contributed by atoms with van der Waals surface area (Å²) in [7, 11) is 0. The number of nitrogens with zero attached hydrogens (tertiary/aromatic N) is 1. The summed E-state index contributed by atoms with van der Waals surface area (Å²) in [6.45, 7) is 0.896. The van der Waals surface area contributed by atoms with Gasteiger partial charge in [-0.3, -0.25) is 9.36 Å². The van der Waals surface area contributed by atoms with Gasteiger partial charge in [0.1, 0.15) is 0 Å². The summed E-state index contributed by atoms with van der Waals surface area (Å²) >= 11 is 0. The molecule has 0 unspecified atom stereocenters. The standard InChI is InChI=1S/C14H16N4O2/c19-13(12-2-1-7-15-12)17-10-3-5-11(6-4-10)18-9-8-16-14(18)20/h3-6,8-9,12,15H,1-2,7H2,(H,16,20)(H,17,19)/t12-/m1/s1. The fourth-order valence-corrected chi connectivity index (χ4v) is 2.37. The molecule has 0 saturated carbocycles. The zero-order valence-electron chi connectivity index (χ0n) is 10.9. The minimum Gasteiger partial charge on any atom is -0.325 e. The van der Waals surface area contributed by atoms with Gasteiger partial charge in [-0.25, -0.2) is 4.79 Å². The van der Waals surface area contributed by atoms with E-state index in [0.717, 1.165) is 30.8 Å². The first-order valence-electron chi connectivity index (χ1n) is 6.65. The summed E-state index contributed by atoms with van der Waals surface area (Å²) in [6.07, 6.45) is 5.16. The number of H-pyrrole nitrogens is 1. The van der Waals surface area contributed by atoms with Crippen LogP contribution in [0.4, 0.5) is 5.69 Å². The van der Waals surface area contributed by atoms with Crippen LogP contribution in [0.15, 0.2) is 41.5 Å². The number of hydrogen-bond donors (Lipinski definition) is 3. The molecule has 1 atom stereocenters. The lowest BCUT2D eigenvalue weighted by atomic mass is 10.2. The van der Waals surface area contributed by atoms with Crippen molar-refractivity contribution in [3.63, 3.8) is 0 Å². The Hall–Kier alpha value is -2.34. The summed E-state index contributed by atoms with van der Waals surface area (Å²) in [5.41, 5.74) is 1.31. The number of aromatic amines is 1. The zero-order chi connectivity index (χ0) is 13.9. The number of aromatic nitrogens is 2. The second-order valence-corrected chi connectivity index (χ2v) is 4.82. The van der Waals surface area contributed by atoms with E-state index in [1.165, 1.54) is 4.57 Å². The van der Waals surface area contributed by atoms with Gasteiger partial charge in [0.25, 0.3) is 0 Å². The van der Waals surface area contributed by atoms with Crippen LogP contribution in [-0.2, 0) is 4.79 Å². The quantitative estimate of drug-likeness (QED) is 0.775. The predicted molar refractivity (Wildman–Crippen MR) is 76.0 cm³/mol. The number of hydrogen-bond acceptors (Lipinski definition) is 3. The molecule has 0 radical (unpaired) electrons. The molecule has 1 fully saturated rings. The molecule has 1 amide bonds. The van der Waals surface area contributed by atoms with Crippen LogP contribution in [-0.4, -0.2) is 28.0 Å². The first-order chi connectivity index (χ1) is 9.74. The van der Waals surface area contributed by atoms with Crippen LogP contribution < -0.4 is 16.3 Å². The summed E-state index contributed by atoms with van der Waals surface area (Å²) in [5.74, 6) is -0.00550. The van der Waals surface area contributed by atoms with Crippen LogP contribution in [0, 0.1) is 0 Å². The number of benzene rings is 1. The Morgan fingerprint density at radius 2 is 2.10 bits per heavy atom. The minimum absolute atomic E-state index is 0.00550. The molecule has 6 heteroatoms. The highest BCUT2D eigenvalue weighted by Gasteiger charge is 2.21. The van der Waals surface area contributed by atoms with E-state index in [4.69, 9.17) is 0 Å². The molecule has 0 bridgehead atoms. The number of amides is 1. The van der Waals surface area contributed by atoms with Crippen LogP contribution in [0.1, 0.15) is 12.8 Å². The monoisotopic (exact) mass is 272 g/mol. The Morgan fingerprint density at radius 3 is 2.70 bits per heavy atom. The number of nitrogens with one attached hydrogen (secondary N) is 3. The third kappa shape index (κ3) is 2.50. The average molecular weight is 272 g/mol. The molecule has 1 aromatic heterocycles. The Kier molecular flexibility index (Phi) is 3.39. The van der Waals surface area contributed by atoms with E-state index in [1.54, 1.807) is 36.7 Å². The fourth-order valence-electron chi connectivity index (χ4n) is 2.37. The molecule has 1 aliphatic heterocycles. The fraction of sp³-hybridized carbons (Fsp3) is 0.286. The highest BCUT2D eigenvalue weighted by molar-refractivity contribution is 5.95. The van der Waals surface area contributed by atoms with Gasteiger partial charge in [-0.1, -0.05) is 0 Å². The van der Waals surface area contributed by atoms with Gasteiger partial charge in [0.2, 0.25) is 5.91 Å². The Bertz CT molecular complexity index is 650. The molecule has 1 aromatic carbocycles. The first kappa shape index (κ1) is 12.7. The highest BCUT2D eigenvalue weighted by atomic mass is 16.2. The molecule has 104 valence electrons. The number of carbonyl (C=O) groups is 1. The maximum absolute atomic E-state index is 11.9. The van der Waals surface area contributed by atoms with E-state index in [-0.39, 0.29) is 17.6 Å². The Labute approximate surface area is 115 Å². The van der Waals surface area contributed by atoms with E-state index in [1.807, 2.05) is 0 Å². The molecular formula is C14H16N4O2. The Balaban J connectivity index is 1.71. The van der Waals surface area contributed by atoms with Crippen molar-refractivity contribution in [1.29, 1.82) is 0 Å². The Morgan fingerprint density at radius 1 is 1.30 bits per heavy atom. The molecule has 3 rings (SSSR count). The van der Waals surface area contributed by atoms with Crippen LogP contribution in [0.2, 0.25) is 0 Å². The molecule has 1 aliphatic rings. The number of anilines is 1. The first-order valence-corrected chi connectivity index (χ1v) is 6.65. The molecule has 6 nitrogen and oxygen atoms in total. The van der Waals surface area contributed by atoms with Crippen molar-refractivity contribution in [2.75, 3.05) is 11.9 Å². The SMILES string of the molecule is O=C(Nc1ccc(-n2cc[nH]c2=O)cc1)[C@H]1CCCN1. The van der Waals surface area contributed by atoms with Crippen LogP contribution in [0.25, 0.3) is 5.69 Å². The highest BCUT2D eigenvalue weighted by Crippen LogP contribution is 2.14. The number of carbonyl (C=O) groups excluding carboxylic acids is 1. The largest absolute Gasteiger partial charge is 0.330 e. The van der Waals surface area contributed by atoms with Crippen molar-refractivity contribution < 1.29 is 4.79 Å². The van der Waals surface area contributed by atoms with E-state index in [9.17, 15) is 9.59 Å². The predicted octanol–water partition coefficient (Wildman–Crippen LogP) is 0.856. The molecule has 20 heavy (non-hydrogen) atoms. The van der Waals surface area contributed by atoms with Gasteiger partial charge in [0.05, 0.1) is 11.7 Å². The third-order valence-electron chi connectivity index (χ3n) is 3.44. The minimum atomic E-state index is -0.183. The summed E-state index contributed by atoms with van der Waals surface area (Å²) in [5, 5.41) is 6.03. The lowest BCUT2D eigenvalue weighted by molar-refractivity contribution is -0.117. The number of rotatable bonds is 3. The van der Waals surface area contributed by atoms with Gasteiger partial charge in [0.15, 0.2) is 0 Å². The summed E-state index contributed by atoms with van der Waals surface area (Å²) in [4.78, 5) is 26.0. The maximum Gasteiger partial charge on any atom is 0.330 e. The maximum atomic E-state index is 11.9. The van der Waals surface area contributed by atoms with E-state index in [2.05, 4.69) is 15.6 Å². The lowest BCUT2D eigenvalue weighted by Crippen LogP contribution is -2.35. The van der Waals surface area contributed by atoms with Crippen molar-refractivity contribution in [3.05, 3.63) is 47.1 Å². The van der Waals surface area contributed by atoms with E-state index < -0.39 is 0 Å². The topological polar surface area (TPSA) is 78.9 Å². The third-order valence-corrected chi connectivity index (χ3v) is 3.44. The lowest BCUT2D eigenvalue weighted by Gasteiger charge is -2.11. The molecule has 1 saturated heterocycles. The summed E-state index contributed by atoms with van der Waals surface area (Å²) < 4.78 is 1.50. The van der Waals surface area contributed by atoms with Gasteiger partial charge < -0.3 is 15.6 Å². The van der Waals surface area contributed by atoms with Crippen molar-refractivity contribution in [2.24, 2.45) is 0 Å². The van der Waals surface area contributed by atoms with Crippen molar-refractivity contribution in [1.82, 2.24) is 14.9 Å². The van der Waals surface area contributed by atoms with Gasteiger partial charge in [0, 0.05) is 18.1 Å². The van der Waals surface area contributed by atoms with Gasteiger partial charge >= 0.3 is 5.69 Å². The van der Waals surface area contributed by atoms with E-state index in [0.29, 0.717) is 0 Å². The van der Waals surface area contributed by atoms with Gasteiger partial charge in [-0.15, -0.1) is 0 Å². The van der Waals surface area contributed by atoms with Crippen molar-refractivity contribution >= 4 is 11.6 Å². The molecule has 2 aromatic rings. The van der Waals surface area contributed by atoms with Gasteiger partial charge in [-0.05, 0) is 43.7 Å². The molecule has 3 N–H and O–H groups in total. The second kappa shape index (κ2) is 5.34. The van der Waals surface area contributed by atoms with Crippen molar-refractivity contribution in [3.8, 4) is 5.69 Å².